The van der Waals surface area contributed by atoms with Gasteiger partial charge < -0.3 is 19.9 Å². The zero-order chi connectivity index (χ0) is 19.3. The largest absolute Gasteiger partial charge is 0.508 e. The summed E-state index contributed by atoms with van der Waals surface area (Å²) in [6, 6.07) is 5.62. The van der Waals surface area contributed by atoms with Crippen LogP contribution < -0.4 is 5.32 Å². The lowest BCUT2D eigenvalue weighted by atomic mass is 10.1. The molecule has 1 aromatic carbocycles. The Morgan fingerprint density at radius 3 is 2.54 bits per heavy atom. The van der Waals surface area contributed by atoms with Crippen LogP contribution in [0.3, 0.4) is 0 Å². The summed E-state index contributed by atoms with van der Waals surface area (Å²) in [4.78, 5) is 36.9. The van der Waals surface area contributed by atoms with Gasteiger partial charge in [-0.2, -0.15) is 0 Å². The van der Waals surface area contributed by atoms with Crippen LogP contribution in [0.4, 0.5) is 5.00 Å². The van der Waals surface area contributed by atoms with Gasteiger partial charge in [-0.1, -0.05) is 6.07 Å². The monoisotopic (exact) mass is 377 g/mol. The molecule has 138 valence electrons. The predicted octanol–water partition coefficient (Wildman–Crippen LogP) is 3.04. The number of hydrogen-bond acceptors (Lipinski definition) is 7. The molecule has 0 fully saturated rings. The number of hydrogen-bond donors (Lipinski definition) is 2. The van der Waals surface area contributed by atoms with E-state index in [1.807, 2.05) is 6.92 Å². The molecule has 0 unspecified atom stereocenters. The van der Waals surface area contributed by atoms with Gasteiger partial charge in [0.15, 0.2) is 6.61 Å². The molecule has 0 saturated heterocycles. The molecule has 0 spiro atoms. The number of esters is 2. The van der Waals surface area contributed by atoms with Gasteiger partial charge in [-0.3, -0.25) is 4.79 Å². The number of carbonyl (C=O) groups is 3. The first-order valence-electron chi connectivity index (χ1n) is 7.86. The Hall–Kier alpha value is -2.87. The third-order valence-electron chi connectivity index (χ3n) is 3.53. The second kappa shape index (κ2) is 8.48. The normalized spacial score (nSPS) is 10.3. The van der Waals surface area contributed by atoms with Gasteiger partial charge in [0.05, 0.1) is 17.7 Å². The highest BCUT2D eigenvalue weighted by atomic mass is 32.1. The highest BCUT2D eigenvalue weighted by molar-refractivity contribution is 7.16. The lowest BCUT2D eigenvalue weighted by Gasteiger charge is -2.08. The van der Waals surface area contributed by atoms with Crippen molar-refractivity contribution in [3.63, 3.8) is 0 Å². The maximum Gasteiger partial charge on any atom is 0.341 e. The minimum atomic E-state index is -0.736. The van der Waals surface area contributed by atoms with E-state index >= 15 is 0 Å². The minimum absolute atomic E-state index is 0.0764. The van der Waals surface area contributed by atoms with Crippen LogP contribution in [0.5, 0.6) is 5.75 Å². The number of amides is 1. The van der Waals surface area contributed by atoms with Crippen molar-refractivity contribution in [1.29, 1.82) is 0 Å². The van der Waals surface area contributed by atoms with Crippen molar-refractivity contribution >= 4 is 34.2 Å². The molecule has 1 aromatic heterocycles. The average Bonchev–Trinajstić information content (AvgIpc) is 2.86. The SMILES string of the molecule is CCOC(=O)c1c(NC(=O)COC(=O)c2cccc(O)c2)sc(C)c1C. The summed E-state index contributed by atoms with van der Waals surface area (Å²) in [6.07, 6.45) is 0. The van der Waals surface area contributed by atoms with Gasteiger partial charge in [0.1, 0.15) is 10.8 Å². The molecule has 0 aliphatic rings. The molecule has 1 amide bonds. The first-order valence-corrected chi connectivity index (χ1v) is 8.68. The van der Waals surface area contributed by atoms with Crippen LogP contribution in [-0.2, 0) is 14.3 Å². The predicted molar refractivity (Wildman–Crippen MR) is 96.8 cm³/mol. The summed E-state index contributed by atoms with van der Waals surface area (Å²) in [5, 5.41) is 12.3. The highest BCUT2D eigenvalue weighted by Gasteiger charge is 2.22. The molecule has 0 atom stereocenters. The van der Waals surface area contributed by atoms with Crippen molar-refractivity contribution in [2.24, 2.45) is 0 Å². The first kappa shape index (κ1) is 19.5. The van der Waals surface area contributed by atoms with Crippen LogP contribution in [0.15, 0.2) is 24.3 Å². The van der Waals surface area contributed by atoms with E-state index in [2.05, 4.69) is 5.32 Å². The van der Waals surface area contributed by atoms with Crippen molar-refractivity contribution in [2.45, 2.75) is 20.8 Å². The smallest absolute Gasteiger partial charge is 0.341 e. The number of ether oxygens (including phenoxy) is 2. The summed E-state index contributed by atoms with van der Waals surface area (Å²) in [7, 11) is 0. The number of aromatic hydroxyl groups is 1. The number of thiophene rings is 1. The van der Waals surface area contributed by atoms with E-state index in [0.29, 0.717) is 10.6 Å². The standard InChI is InChI=1S/C18H19NO6S/c1-4-24-18(23)15-10(2)11(3)26-16(15)19-14(21)9-25-17(22)12-6-5-7-13(20)8-12/h5-8,20H,4,9H2,1-3H3,(H,19,21). The molecule has 0 radical (unpaired) electrons. The number of carbonyl (C=O) groups excluding carboxylic acids is 3. The zero-order valence-corrected chi connectivity index (χ0v) is 15.4. The van der Waals surface area contributed by atoms with E-state index < -0.39 is 24.5 Å². The molecule has 2 N–H and O–H groups in total. The Labute approximate surface area is 154 Å². The summed E-state index contributed by atoms with van der Waals surface area (Å²) >= 11 is 1.25. The fourth-order valence-corrected chi connectivity index (χ4v) is 3.24. The topological polar surface area (TPSA) is 102 Å². The highest BCUT2D eigenvalue weighted by Crippen LogP contribution is 2.33. The second-order valence-corrected chi connectivity index (χ2v) is 6.61. The van der Waals surface area contributed by atoms with E-state index in [0.717, 1.165) is 10.4 Å². The van der Waals surface area contributed by atoms with E-state index in [-0.39, 0.29) is 17.9 Å². The fourth-order valence-electron chi connectivity index (χ4n) is 2.17. The van der Waals surface area contributed by atoms with Gasteiger partial charge in [0.2, 0.25) is 0 Å². The molecular weight excluding hydrogens is 358 g/mol. The van der Waals surface area contributed by atoms with Crippen LogP contribution in [-0.4, -0.2) is 36.2 Å². The molecule has 26 heavy (non-hydrogen) atoms. The average molecular weight is 377 g/mol. The summed E-state index contributed by atoms with van der Waals surface area (Å²) in [6.45, 7) is 5.01. The van der Waals surface area contributed by atoms with Crippen LogP contribution in [0.2, 0.25) is 0 Å². The molecule has 7 nitrogen and oxygen atoms in total. The van der Waals surface area contributed by atoms with E-state index in [9.17, 15) is 19.5 Å². The Morgan fingerprint density at radius 2 is 1.88 bits per heavy atom. The van der Waals surface area contributed by atoms with Crippen LogP contribution in [0.25, 0.3) is 0 Å². The number of benzene rings is 1. The number of anilines is 1. The van der Waals surface area contributed by atoms with Gasteiger partial charge in [-0.05, 0) is 44.5 Å². The van der Waals surface area contributed by atoms with Gasteiger partial charge in [-0.15, -0.1) is 11.3 Å². The van der Waals surface area contributed by atoms with E-state index in [1.54, 1.807) is 13.8 Å². The molecule has 2 rings (SSSR count). The Balaban J connectivity index is 2.03. The Bertz CT molecular complexity index is 842. The molecule has 0 saturated carbocycles. The third kappa shape index (κ3) is 4.60. The number of phenols is 1. The number of nitrogens with one attached hydrogen (secondary N) is 1. The first-order chi connectivity index (χ1) is 12.3. The molecule has 0 bridgehead atoms. The maximum atomic E-state index is 12.1. The number of aryl methyl sites for hydroxylation is 1. The van der Waals surface area contributed by atoms with Gasteiger partial charge >= 0.3 is 11.9 Å². The van der Waals surface area contributed by atoms with Gasteiger partial charge in [0.25, 0.3) is 5.91 Å². The van der Waals surface area contributed by atoms with Crippen molar-refractivity contribution < 1.29 is 29.0 Å². The van der Waals surface area contributed by atoms with Crippen molar-refractivity contribution in [3.8, 4) is 5.75 Å². The summed E-state index contributed by atoms with van der Waals surface area (Å²) < 4.78 is 9.95. The number of phenolic OH excluding ortho intramolecular Hbond substituents is 1. The van der Waals surface area contributed by atoms with Crippen LogP contribution in [0, 0.1) is 13.8 Å². The summed E-state index contributed by atoms with van der Waals surface area (Å²) in [5.74, 6) is -1.90. The zero-order valence-electron chi connectivity index (χ0n) is 14.6. The molecule has 8 heteroatoms. The Morgan fingerprint density at radius 1 is 1.15 bits per heavy atom. The maximum absolute atomic E-state index is 12.1. The van der Waals surface area contributed by atoms with Crippen molar-refractivity contribution in [2.75, 3.05) is 18.5 Å². The van der Waals surface area contributed by atoms with E-state index in [4.69, 9.17) is 9.47 Å². The lowest BCUT2D eigenvalue weighted by molar-refractivity contribution is -0.119. The quantitative estimate of drug-likeness (QED) is 0.750. The molecule has 0 aliphatic heterocycles. The van der Waals surface area contributed by atoms with Crippen LogP contribution in [0.1, 0.15) is 38.1 Å². The van der Waals surface area contributed by atoms with Crippen molar-refractivity contribution in [1.82, 2.24) is 0 Å². The third-order valence-corrected chi connectivity index (χ3v) is 4.66. The lowest BCUT2D eigenvalue weighted by Crippen LogP contribution is -2.21. The van der Waals surface area contributed by atoms with Gasteiger partial charge in [-0.25, -0.2) is 9.59 Å². The van der Waals surface area contributed by atoms with Crippen molar-refractivity contribution in [3.05, 3.63) is 45.8 Å². The summed E-state index contributed by atoms with van der Waals surface area (Å²) in [5.41, 5.74) is 1.18. The molecule has 0 aliphatic carbocycles. The Kier molecular flexibility index (Phi) is 6.35. The fraction of sp³-hybridized carbons (Fsp3) is 0.278. The van der Waals surface area contributed by atoms with Gasteiger partial charge in [0, 0.05) is 4.88 Å². The van der Waals surface area contributed by atoms with E-state index in [1.165, 1.54) is 35.6 Å². The number of rotatable bonds is 6. The second-order valence-electron chi connectivity index (χ2n) is 5.38. The molecule has 1 heterocycles. The molecule has 2 aromatic rings. The minimum Gasteiger partial charge on any atom is -0.508 e. The molecular formula is C18H19NO6S. The van der Waals surface area contributed by atoms with Crippen LogP contribution >= 0.6 is 11.3 Å².